The minimum absolute atomic E-state index is 0.0551. The van der Waals surface area contributed by atoms with E-state index in [2.05, 4.69) is 0 Å². The van der Waals surface area contributed by atoms with Crippen molar-refractivity contribution in [2.75, 3.05) is 19.8 Å². The fourth-order valence-corrected chi connectivity index (χ4v) is 3.58. The van der Waals surface area contributed by atoms with E-state index in [9.17, 15) is 14.5 Å². The SMILES string of the molecule is CCOC(CC)(C(=O)[O-])P(=O)(OCC)OCC. The Kier molecular flexibility index (Phi) is 6.94. The standard InChI is InChI=1S/C10H21O6P/c1-5-10(9(11)12,14-6-2)17(13,15-7-3)16-8-4/h5-8H2,1-4H3,(H,11,12)/p-1. The van der Waals surface area contributed by atoms with Crippen molar-refractivity contribution in [3.8, 4) is 0 Å². The summed E-state index contributed by atoms with van der Waals surface area (Å²) in [4.78, 5) is 11.3. The molecule has 0 bridgehead atoms. The van der Waals surface area contributed by atoms with Gasteiger partial charge in [0.2, 0.25) is 5.34 Å². The van der Waals surface area contributed by atoms with Gasteiger partial charge in [0.15, 0.2) is 0 Å². The molecular weight excluding hydrogens is 247 g/mol. The van der Waals surface area contributed by atoms with Gasteiger partial charge in [0.1, 0.15) is 0 Å². The molecule has 0 saturated carbocycles. The molecule has 102 valence electrons. The van der Waals surface area contributed by atoms with Crippen molar-refractivity contribution in [3.05, 3.63) is 0 Å². The molecule has 0 aromatic carbocycles. The molecule has 7 heteroatoms. The van der Waals surface area contributed by atoms with Crippen LogP contribution in [-0.4, -0.2) is 31.1 Å². The fraction of sp³-hybridized carbons (Fsp3) is 0.900. The predicted molar refractivity (Wildman–Crippen MR) is 60.5 cm³/mol. The van der Waals surface area contributed by atoms with Crippen LogP contribution in [0.4, 0.5) is 0 Å². The summed E-state index contributed by atoms with van der Waals surface area (Å²) < 4.78 is 27.7. The molecule has 0 heterocycles. The highest BCUT2D eigenvalue weighted by Crippen LogP contribution is 2.61. The van der Waals surface area contributed by atoms with Gasteiger partial charge in [0.05, 0.1) is 19.2 Å². The summed E-state index contributed by atoms with van der Waals surface area (Å²) in [6.45, 7) is 6.57. The molecule has 17 heavy (non-hydrogen) atoms. The molecule has 6 nitrogen and oxygen atoms in total. The summed E-state index contributed by atoms with van der Waals surface area (Å²) in [5.41, 5.74) is 0. The van der Waals surface area contributed by atoms with E-state index in [-0.39, 0.29) is 26.2 Å². The van der Waals surface area contributed by atoms with E-state index in [1.54, 1.807) is 20.8 Å². The second kappa shape index (κ2) is 7.11. The molecule has 0 aliphatic heterocycles. The van der Waals surface area contributed by atoms with Gasteiger partial charge in [-0.3, -0.25) is 4.57 Å². The van der Waals surface area contributed by atoms with Crippen molar-refractivity contribution in [2.24, 2.45) is 0 Å². The number of hydrogen-bond donors (Lipinski definition) is 0. The molecule has 0 aliphatic carbocycles. The maximum absolute atomic E-state index is 12.5. The molecule has 0 radical (unpaired) electrons. The van der Waals surface area contributed by atoms with Gasteiger partial charge >= 0.3 is 7.60 Å². The lowest BCUT2D eigenvalue weighted by atomic mass is 10.3. The first-order valence-corrected chi connectivity index (χ1v) is 7.22. The van der Waals surface area contributed by atoms with Crippen molar-refractivity contribution >= 4 is 13.6 Å². The van der Waals surface area contributed by atoms with Gasteiger partial charge in [-0.15, -0.1) is 0 Å². The van der Waals surface area contributed by atoms with Gasteiger partial charge < -0.3 is 23.7 Å². The van der Waals surface area contributed by atoms with E-state index in [0.29, 0.717) is 0 Å². The number of hydrogen-bond acceptors (Lipinski definition) is 6. The van der Waals surface area contributed by atoms with Crippen LogP contribution >= 0.6 is 7.60 Å². The normalized spacial score (nSPS) is 15.5. The zero-order valence-corrected chi connectivity index (χ0v) is 11.6. The van der Waals surface area contributed by atoms with Crippen molar-refractivity contribution in [2.45, 2.75) is 39.5 Å². The van der Waals surface area contributed by atoms with Gasteiger partial charge in [-0.1, -0.05) is 6.92 Å². The van der Waals surface area contributed by atoms with Gasteiger partial charge in [-0.2, -0.15) is 0 Å². The molecular formula is C10H20O6P-. The van der Waals surface area contributed by atoms with Crippen molar-refractivity contribution in [3.63, 3.8) is 0 Å². The van der Waals surface area contributed by atoms with Gasteiger partial charge in [-0.25, -0.2) is 0 Å². The van der Waals surface area contributed by atoms with Crippen LogP contribution in [0.25, 0.3) is 0 Å². The molecule has 0 rings (SSSR count). The third-order valence-electron chi connectivity index (χ3n) is 2.22. The van der Waals surface area contributed by atoms with Crippen molar-refractivity contribution in [1.82, 2.24) is 0 Å². The van der Waals surface area contributed by atoms with Crippen LogP contribution in [0.15, 0.2) is 0 Å². The number of ether oxygens (including phenoxy) is 1. The molecule has 1 atom stereocenters. The summed E-state index contributed by atoms with van der Waals surface area (Å²) in [5, 5.41) is 9.24. The second-order valence-electron chi connectivity index (χ2n) is 3.19. The van der Waals surface area contributed by atoms with E-state index >= 15 is 0 Å². The average Bonchev–Trinajstić information content (AvgIpc) is 2.25. The monoisotopic (exact) mass is 267 g/mol. The smallest absolute Gasteiger partial charge is 0.367 e. The number of carboxylic acids is 1. The van der Waals surface area contributed by atoms with Gasteiger partial charge in [0, 0.05) is 6.61 Å². The Balaban J connectivity index is 5.49. The molecule has 0 saturated heterocycles. The van der Waals surface area contributed by atoms with E-state index in [1.807, 2.05) is 0 Å². The topological polar surface area (TPSA) is 84.9 Å². The third kappa shape index (κ3) is 3.28. The zero-order valence-electron chi connectivity index (χ0n) is 10.7. The second-order valence-corrected chi connectivity index (χ2v) is 5.43. The van der Waals surface area contributed by atoms with E-state index in [1.165, 1.54) is 6.92 Å². The first-order valence-electron chi connectivity index (χ1n) is 5.68. The maximum Gasteiger partial charge on any atom is 0.367 e. The average molecular weight is 267 g/mol. The first-order chi connectivity index (χ1) is 7.94. The lowest BCUT2D eigenvalue weighted by Gasteiger charge is -2.38. The zero-order chi connectivity index (χ0) is 13.5. The Bertz CT molecular complexity index is 283. The Hall–Kier alpha value is -0.420. The van der Waals surface area contributed by atoms with E-state index in [0.717, 1.165) is 0 Å². The fourth-order valence-electron chi connectivity index (χ4n) is 1.51. The molecule has 0 N–H and O–H groups in total. The Labute approximate surface area is 102 Å². The number of carbonyl (C=O) groups is 1. The summed E-state index contributed by atoms with van der Waals surface area (Å²) in [6.07, 6.45) is -0.0551. The van der Waals surface area contributed by atoms with Gasteiger partial charge in [-0.05, 0) is 27.2 Å². The molecule has 0 aliphatic rings. The predicted octanol–water partition coefficient (Wildman–Crippen LogP) is 1.15. The van der Waals surface area contributed by atoms with Crippen LogP contribution in [0.2, 0.25) is 0 Å². The van der Waals surface area contributed by atoms with Crippen molar-refractivity contribution < 1.29 is 28.3 Å². The summed E-state index contributed by atoms with van der Waals surface area (Å²) in [6, 6.07) is 0. The molecule has 0 spiro atoms. The van der Waals surface area contributed by atoms with Crippen molar-refractivity contribution in [1.29, 1.82) is 0 Å². The first kappa shape index (κ1) is 16.6. The third-order valence-corrected chi connectivity index (χ3v) is 4.93. The number of rotatable bonds is 9. The molecule has 0 fully saturated rings. The molecule has 1 unspecified atom stereocenters. The quantitative estimate of drug-likeness (QED) is 0.582. The summed E-state index contributed by atoms with van der Waals surface area (Å²) >= 11 is 0. The van der Waals surface area contributed by atoms with Crippen LogP contribution < -0.4 is 5.11 Å². The highest BCUT2D eigenvalue weighted by molar-refractivity contribution is 7.56. The Morgan fingerprint density at radius 2 is 1.59 bits per heavy atom. The minimum atomic E-state index is -3.92. The molecule has 0 aromatic rings. The summed E-state index contributed by atoms with van der Waals surface area (Å²) in [5.74, 6) is -1.58. The van der Waals surface area contributed by atoms with Crippen LogP contribution in [0.5, 0.6) is 0 Å². The Morgan fingerprint density at radius 3 is 1.82 bits per heavy atom. The molecule has 0 aromatic heterocycles. The number of aliphatic carboxylic acids is 1. The highest BCUT2D eigenvalue weighted by atomic mass is 31.2. The lowest BCUT2D eigenvalue weighted by Crippen LogP contribution is -2.50. The van der Waals surface area contributed by atoms with Crippen LogP contribution in [0.3, 0.4) is 0 Å². The largest absolute Gasteiger partial charge is 0.546 e. The highest BCUT2D eigenvalue weighted by Gasteiger charge is 2.52. The van der Waals surface area contributed by atoms with Crippen LogP contribution in [0.1, 0.15) is 34.1 Å². The Morgan fingerprint density at radius 1 is 1.12 bits per heavy atom. The number of carboxylic acid groups (broad SMARTS) is 1. The lowest BCUT2D eigenvalue weighted by molar-refractivity contribution is -0.321. The number of carbonyl (C=O) groups excluding carboxylic acids is 1. The minimum Gasteiger partial charge on any atom is -0.546 e. The van der Waals surface area contributed by atoms with Crippen LogP contribution in [0, 0.1) is 0 Å². The van der Waals surface area contributed by atoms with E-state index in [4.69, 9.17) is 13.8 Å². The van der Waals surface area contributed by atoms with Gasteiger partial charge in [0.25, 0.3) is 0 Å². The summed E-state index contributed by atoms with van der Waals surface area (Å²) in [7, 11) is -3.92. The van der Waals surface area contributed by atoms with E-state index < -0.39 is 18.9 Å². The maximum atomic E-state index is 12.5. The molecule has 0 amide bonds. The van der Waals surface area contributed by atoms with Crippen LogP contribution in [-0.2, 0) is 23.1 Å².